The first-order valence-electron chi connectivity index (χ1n) is 10.7. The molecule has 0 fully saturated rings. The van der Waals surface area contributed by atoms with Crippen LogP contribution in [0.3, 0.4) is 0 Å². The standard InChI is InChI=1S/C24H30N2O5/c1-4-29-21-13-18-11-12-26(15-19(18)14-22(21)30-5-2)16-23(27)25-20-9-7-17(8-10-20)24(28)31-6-3/h7-10,13-14H,4-6,11-12,15-16H2,1-3H3,(H,25,27). The van der Waals surface area contributed by atoms with Gasteiger partial charge in [-0.2, -0.15) is 0 Å². The number of hydrogen-bond donors (Lipinski definition) is 1. The molecule has 0 atom stereocenters. The number of rotatable bonds is 9. The van der Waals surface area contributed by atoms with Gasteiger partial charge in [0.05, 0.1) is 31.9 Å². The van der Waals surface area contributed by atoms with Crippen molar-refractivity contribution in [1.29, 1.82) is 0 Å². The molecule has 0 saturated carbocycles. The van der Waals surface area contributed by atoms with Crippen LogP contribution in [0.2, 0.25) is 0 Å². The van der Waals surface area contributed by atoms with Gasteiger partial charge in [-0.15, -0.1) is 0 Å². The molecule has 1 heterocycles. The van der Waals surface area contributed by atoms with Crippen molar-refractivity contribution in [3.63, 3.8) is 0 Å². The van der Waals surface area contributed by atoms with Crippen molar-refractivity contribution in [3.05, 3.63) is 53.1 Å². The molecule has 2 aromatic carbocycles. The van der Waals surface area contributed by atoms with Gasteiger partial charge in [-0.3, -0.25) is 9.69 Å². The summed E-state index contributed by atoms with van der Waals surface area (Å²) in [5.74, 6) is 1.06. The average Bonchev–Trinajstić information content (AvgIpc) is 2.75. The number of nitrogens with one attached hydrogen (secondary N) is 1. The van der Waals surface area contributed by atoms with Crippen LogP contribution in [0.4, 0.5) is 5.69 Å². The smallest absolute Gasteiger partial charge is 0.338 e. The highest BCUT2D eigenvalue weighted by atomic mass is 16.5. The van der Waals surface area contributed by atoms with Crippen molar-refractivity contribution >= 4 is 17.6 Å². The summed E-state index contributed by atoms with van der Waals surface area (Å²) in [5, 5.41) is 2.89. The van der Waals surface area contributed by atoms with Crippen LogP contribution in [-0.2, 0) is 22.5 Å². The first-order valence-corrected chi connectivity index (χ1v) is 10.7. The van der Waals surface area contributed by atoms with Crippen molar-refractivity contribution in [2.24, 2.45) is 0 Å². The van der Waals surface area contributed by atoms with Crippen LogP contribution in [0.15, 0.2) is 36.4 Å². The van der Waals surface area contributed by atoms with Gasteiger partial charge in [0, 0.05) is 18.8 Å². The molecule has 0 aromatic heterocycles. The fraction of sp³-hybridized carbons (Fsp3) is 0.417. The molecule has 1 N–H and O–H groups in total. The van der Waals surface area contributed by atoms with E-state index in [1.54, 1.807) is 31.2 Å². The van der Waals surface area contributed by atoms with Crippen LogP contribution >= 0.6 is 0 Å². The lowest BCUT2D eigenvalue weighted by atomic mass is 9.98. The number of carbonyl (C=O) groups excluding carboxylic acids is 2. The number of esters is 1. The van der Waals surface area contributed by atoms with Crippen LogP contribution in [0, 0.1) is 0 Å². The Hall–Kier alpha value is -3.06. The van der Waals surface area contributed by atoms with Gasteiger partial charge in [0.2, 0.25) is 5.91 Å². The third-order valence-electron chi connectivity index (χ3n) is 5.00. The first kappa shape index (κ1) is 22.6. The molecule has 7 nitrogen and oxygen atoms in total. The maximum atomic E-state index is 12.5. The van der Waals surface area contributed by atoms with Crippen molar-refractivity contribution < 1.29 is 23.8 Å². The zero-order valence-electron chi connectivity index (χ0n) is 18.4. The molecule has 1 aliphatic heterocycles. The molecule has 166 valence electrons. The Morgan fingerprint density at radius 2 is 1.58 bits per heavy atom. The van der Waals surface area contributed by atoms with Crippen molar-refractivity contribution in [2.45, 2.75) is 33.7 Å². The van der Waals surface area contributed by atoms with Gasteiger partial charge in [0.1, 0.15) is 0 Å². The Morgan fingerprint density at radius 3 is 2.19 bits per heavy atom. The normalized spacial score (nSPS) is 13.3. The van der Waals surface area contributed by atoms with E-state index < -0.39 is 0 Å². The second-order valence-electron chi connectivity index (χ2n) is 7.24. The molecule has 0 unspecified atom stereocenters. The zero-order valence-corrected chi connectivity index (χ0v) is 18.4. The summed E-state index contributed by atoms with van der Waals surface area (Å²) >= 11 is 0. The summed E-state index contributed by atoms with van der Waals surface area (Å²) in [5.41, 5.74) is 3.50. The van der Waals surface area contributed by atoms with Gasteiger partial charge in [-0.25, -0.2) is 4.79 Å². The summed E-state index contributed by atoms with van der Waals surface area (Å²) in [6.45, 7) is 8.92. The summed E-state index contributed by atoms with van der Waals surface area (Å²) < 4.78 is 16.4. The van der Waals surface area contributed by atoms with Gasteiger partial charge in [-0.05, 0) is 74.7 Å². The Labute approximate surface area is 183 Å². The lowest BCUT2D eigenvalue weighted by molar-refractivity contribution is -0.117. The Bertz CT molecular complexity index is 911. The molecule has 1 amide bonds. The topological polar surface area (TPSA) is 77.1 Å². The third kappa shape index (κ3) is 5.98. The van der Waals surface area contributed by atoms with Gasteiger partial charge in [-0.1, -0.05) is 0 Å². The van der Waals surface area contributed by atoms with Crippen LogP contribution in [0.5, 0.6) is 11.5 Å². The molecular weight excluding hydrogens is 396 g/mol. The van der Waals surface area contributed by atoms with Crippen molar-refractivity contribution in [1.82, 2.24) is 4.90 Å². The van der Waals surface area contributed by atoms with E-state index in [0.717, 1.165) is 30.0 Å². The zero-order chi connectivity index (χ0) is 22.2. The van der Waals surface area contributed by atoms with Gasteiger partial charge < -0.3 is 19.5 Å². The number of hydrogen-bond acceptors (Lipinski definition) is 6. The van der Waals surface area contributed by atoms with Crippen LogP contribution < -0.4 is 14.8 Å². The van der Waals surface area contributed by atoms with Gasteiger partial charge in [0.15, 0.2) is 11.5 Å². The van der Waals surface area contributed by atoms with E-state index in [9.17, 15) is 9.59 Å². The molecule has 3 rings (SSSR count). The second-order valence-corrected chi connectivity index (χ2v) is 7.24. The van der Waals surface area contributed by atoms with E-state index in [1.165, 1.54) is 5.56 Å². The number of amides is 1. The summed E-state index contributed by atoms with van der Waals surface area (Å²) in [7, 11) is 0. The van der Waals surface area contributed by atoms with E-state index >= 15 is 0 Å². The van der Waals surface area contributed by atoms with Gasteiger partial charge >= 0.3 is 5.97 Å². The minimum atomic E-state index is -0.369. The average molecular weight is 427 g/mol. The van der Waals surface area contributed by atoms with Crippen molar-refractivity contribution in [2.75, 3.05) is 38.2 Å². The summed E-state index contributed by atoms with van der Waals surface area (Å²) in [6, 6.07) is 10.8. The SMILES string of the molecule is CCOC(=O)c1ccc(NC(=O)CN2CCc3cc(OCC)c(OCC)cc3C2)cc1. The number of carbonyl (C=O) groups is 2. The molecule has 31 heavy (non-hydrogen) atoms. The lowest BCUT2D eigenvalue weighted by Gasteiger charge is -2.29. The number of benzene rings is 2. The minimum absolute atomic E-state index is 0.0942. The monoisotopic (exact) mass is 426 g/mol. The largest absolute Gasteiger partial charge is 0.490 e. The van der Waals surface area contributed by atoms with Crippen LogP contribution in [-0.4, -0.2) is 49.7 Å². The Morgan fingerprint density at radius 1 is 0.935 bits per heavy atom. The van der Waals surface area contributed by atoms with Gasteiger partial charge in [0.25, 0.3) is 0 Å². The predicted octanol–water partition coefficient (Wildman–Crippen LogP) is 3.66. The molecule has 1 aliphatic rings. The maximum absolute atomic E-state index is 12.5. The number of fused-ring (bicyclic) bond motifs is 1. The van der Waals surface area contributed by atoms with E-state index in [1.807, 2.05) is 19.9 Å². The number of nitrogens with zero attached hydrogens (tertiary/aromatic N) is 1. The minimum Gasteiger partial charge on any atom is -0.490 e. The fourth-order valence-electron chi connectivity index (χ4n) is 3.60. The quantitative estimate of drug-likeness (QED) is 0.617. The molecule has 2 aromatic rings. The van der Waals surface area contributed by atoms with E-state index in [0.29, 0.717) is 37.6 Å². The molecule has 0 spiro atoms. The molecule has 7 heteroatoms. The van der Waals surface area contributed by atoms with E-state index in [-0.39, 0.29) is 18.4 Å². The van der Waals surface area contributed by atoms with E-state index in [4.69, 9.17) is 14.2 Å². The maximum Gasteiger partial charge on any atom is 0.338 e. The van der Waals surface area contributed by atoms with Crippen LogP contribution in [0.1, 0.15) is 42.3 Å². The first-order chi connectivity index (χ1) is 15.0. The molecular formula is C24H30N2O5. The highest BCUT2D eigenvalue weighted by molar-refractivity contribution is 5.94. The van der Waals surface area contributed by atoms with E-state index in [2.05, 4.69) is 16.3 Å². The Kier molecular flexibility index (Phi) is 7.89. The molecule has 0 aliphatic carbocycles. The molecule has 0 radical (unpaired) electrons. The lowest BCUT2D eigenvalue weighted by Crippen LogP contribution is -2.37. The highest BCUT2D eigenvalue weighted by Crippen LogP contribution is 2.33. The summed E-state index contributed by atoms with van der Waals surface area (Å²) in [6.07, 6.45) is 0.851. The summed E-state index contributed by atoms with van der Waals surface area (Å²) in [4.78, 5) is 26.4. The third-order valence-corrected chi connectivity index (χ3v) is 5.00. The van der Waals surface area contributed by atoms with Crippen LogP contribution in [0.25, 0.3) is 0 Å². The Balaban J connectivity index is 1.60. The molecule has 0 bridgehead atoms. The van der Waals surface area contributed by atoms with Crippen molar-refractivity contribution in [3.8, 4) is 11.5 Å². The predicted molar refractivity (Wildman–Crippen MR) is 119 cm³/mol. The second kappa shape index (κ2) is 10.8. The fourth-order valence-corrected chi connectivity index (χ4v) is 3.60. The highest BCUT2D eigenvalue weighted by Gasteiger charge is 2.21. The molecule has 0 saturated heterocycles. The number of ether oxygens (including phenoxy) is 3. The number of anilines is 1.